The molecule has 1 aliphatic heterocycles. The summed E-state index contributed by atoms with van der Waals surface area (Å²) in [6, 6.07) is 10.9. The van der Waals surface area contributed by atoms with E-state index in [-0.39, 0.29) is 6.04 Å². The highest BCUT2D eigenvalue weighted by Crippen LogP contribution is 2.11. The Kier molecular flexibility index (Phi) is 3.55. The standard InChI is InChI=1S/C13H17N3/c1-11-3-2-4-12(7-11)10-16-6-5-15-9-13(16)8-14/h2-4,7,13,15H,5-6,9-10H2,1H3. The van der Waals surface area contributed by atoms with Crippen LogP contribution in [0, 0.1) is 18.3 Å². The van der Waals surface area contributed by atoms with Gasteiger partial charge < -0.3 is 5.32 Å². The van der Waals surface area contributed by atoms with Crippen molar-refractivity contribution in [2.45, 2.75) is 19.5 Å². The SMILES string of the molecule is Cc1cccc(CN2CCNCC2C#N)c1. The third-order valence-electron chi connectivity index (χ3n) is 2.97. The minimum Gasteiger partial charge on any atom is -0.313 e. The molecule has 16 heavy (non-hydrogen) atoms. The fraction of sp³-hybridized carbons (Fsp3) is 0.462. The number of hydrogen-bond acceptors (Lipinski definition) is 3. The Morgan fingerprint density at radius 3 is 3.19 bits per heavy atom. The Morgan fingerprint density at radius 2 is 2.44 bits per heavy atom. The zero-order chi connectivity index (χ0) is 11.4. The quantitative estimate of drug-likeness (QED) is 0.808. The monoisotopic (exact) mass is 215 g/mol. The third-order valence-corrected chi connectivity index (χ3v) is 2.97. The van der Waals surface area contributed by atoms with Crippen LogP contribution in [0.15, 0.2) is 24.3 Å². The van der Waals surface area contributed by atoms with Crippen LogP contribution >= 0.6 is 0 Å². The van der Waals surface area contributed by atoms with E-state index in [9.17, 15) is 0 Å². The molecular weight excluding hydrogens is 198 g/mol. The molecule has 1 unspecified atom stereocenters. The van der Waals surface area contributed by atoms with E-state index in [1.165, 1.54) is 11.1 Å². The smallest absolute Gasteiger partial charge is 0.111 e. The van der Waals surface area contributed by atoms with E-state index < -0.39 is 0 Å². The molecule has 2 rings (SSSR count). The van der Waals surface area contributed by atoms with Crippen LogP contribution in [0.1, 0.15) is 11.1 Å². The topological polar surface area (TPSA) is 39.1 Å². The van der Waals surface area contributed by atoms with Gasteiger partial charge in [0.15, 0.2) is 0 Å². The molecule has 1 saturated heterocycles. The molecule has 3 heteroatoms. The molecule has 0 bridgehead atoms. The number of nitriles is 1. The van der Waals surface area contributed by atoms with Gasteiger partial charge in [-0.1, -0.05) is 29.8 Å². The van der Waals surface area contributed by atoms with Gasteiger partial charge in [0.05, 0.1) is 6.07 Å². The third kappa shape index (κ3) is 2.60. The zero-order valence-electron chi connectivity index (χ0n) is 9.61. The van der Waals surface area contributed by atoms with Crippen molar-refractivity contribution in [1.82, 2.24) is 10.2 Å². The summed E-state index contributed by atoms with van der Waals surface area (Å²) in [6.07, 6.45) is 0. The number of benzene rings is 1. The van der Waals surface area contributed by atoms with Crippen LogP contribution in [0.2, 0.25) is 0 Å². The fourth-order valence-electron chi connectivity index (χ4n) is 2.11. The first-order valence-corrected chi connectivity index (χ1v) is 5.69. The van der Waals surface area contributed by atoms with Gasteiger partial charge in [0, 0.05) is 26.2 Å². The van der Waals surface area contributed by atoms with Crippen molar-refractivity contribution >= 4 is 0 Å². The molecule has 1 fully saturated rings. The average molecular weight is 215 g/mol. The maximum absolute atomic E-state index is 9.06. The van der Waals surface area contributed by atoms with Crippen LogP contribution < -0.4 is 5.32 Å². The second kappa shape index (κ2) is 5.11. The molecule has 3 nitrogen and oxygen atoms in total. The van der Waals surface area contributed by atoms with E-state index in [0.29, 0.717) is 0 Å². The van der Waals surface area contributed by atoms with Gasteiger partial charge in [-0.3, -0.25) is 4.90 Å². The maximum Gasteiger partial charge on any atom is 0.111 e. The first-order valence-electron chi connectivity index (χ1n) is 5.69. The van der Waals surface area contributed by atoms with E-state index in [1.54, 1.807) is 0 Å². The normalized spacial score (nSPS) is 21.6. The number of piperazine rings is 1. The van der Waals surface area contributed by atoms with Crippen LogP contribution in [0.5, 0.6) is 0 Å². The highest BCUT2D eigenvalue weighted by molar-refractivity contribution is 5.22. The minimum atomic E-state index is 0.00858. The lowest BCUT2D eigenvalue weighted by molar-refractivity contribution is 0.189. The summed E-state index contributed by atoms with van der Waals surface area (Å²) in [4.78, 5) is 2.24. The molecule has 0 saturated carbocycles. The predicted molar refractivity (Wildman–Crippen MR) is 63.9 cm³/mol. The number of aryl methyl sites for hydroxylation is 1. The molecule has 1 aromatic rings. The van der Waals surface area contributed by atoms with Gasteiger partial charge in [-0.05, 0) is 12.5 Å². The van der Waals surface area contributed by atoms with Crippen molar-refractivity contribution in [3.05, 3.63) is 35.4 Å². The lowest BCUT2D eigenvalue weighted by Gasteiger charge is -2.31. The maximum atomic E-state index is 9.06. The van der Waals surface area contributed by atoms with Gasteiger partial charge in [0.1, 0.15) is 6.04 Å². The van der Waals surface area contributed by atoms with E-state index in [0.717, 1.165) is 26.2 Å². The summed E-state index contributed by atoms with van der Waals surface area (Å²) in [5, 5.41) is 12.3. The summed E-state index contributed by atoms with van der Waals surface area (Å²) >= 11 is 0. The van der Waals surface area contributed by atoms with E-state index in [1.807, 2.05) is 0 Å². The largest absolute Gasteiger partial charge is 0.313 e. The summed E-state index contributed by atoms with van der Waals surface area (Å²) in [5.74, 6) is 0. The van der Waals surface area contributed by atoms with E-state index in [4.69, 9.17) is 5.26 Å². The summed E-state index contributed by atoms with van der Waals surface area (Å²) in [7, 11) is 0. The van der Waals surface area contributed by atoms with Gasteiger partial charge in [-0.2, -0.15) is 5.26 Å². The lowest BCUT2D eigenvalue weighted by atomic mass is 10.1. The second-order valence-corrected chi connectivity index (χ2v) is 4.31. The van der Waals surface area contributed by atoms with Crippen molar-refractivity contribution in [3.8, 4) is 6.07 Å². The molecule has 1 aromatic carbocycles. The summed E-state index contributed by atoms with van der Waals surface area (Å²) in [5.41, 5.74) is 2.57. The fourth-order valence-corrected chi connectivity index (χ4v) is 2.11. The Balaban J connectivity index is 2.05. The zero-order valence-corrected chi connectivity index (χ0v) is 9.61. The molecule has 1 N–H and O–H groups in total. The average Bonchev–Trinajstić information content (AvgIpc) is 2.30. The van der Waals surface area contributed by atoms with E-state index >= 15 is 0 Å². The van der Waals surface area contributed by atoms with Gasteiger partial charge in [0.2, 0.25) is 0 Å². The van der Waals surface area contributed by atoms with E-state index in [2.05, 4.69) is 47.5 Å². The Morgan fingerprint density at radius 1 is 1.56 bits per heavy atom. The number of nitrogens with zero attached hydrogens (tertiary/aromatic N) is 2. The molecule has 84 valence electrons. The van der Waals surface area contributed by atoms with Crippen LogP contribution in [-0.4, -0.2) is 30.6 Å². The Labute approximate surface area is 96.7 Å². The van der Waals surface area contributed by atoms with Crippen molar-refractivity contribution in [1.29, 1.82) is 5.26 Å². The molecule has 0 amide bonds. The summed E-state index contributed by atoms with van der Waals surface area (Å²) < 4.78 is 0. The van der Waals surface area contributed by atoms with Crippen LogP contribution in [-0.2, 0) is 6.54 Å². The molecule has 0 radical (unpaired) electrons. The molecule has 0 aromatic heterocycles. The van der Waals surface area contributed by atoms with Gasteiger partial charge in [-0.15, -0.1) is 0 Å². The van der Waals surface area contributed by atoms with Crippen molar-refractivity contribution in [3.63, 3.8) is 0 Å². The van der Waals surface area contributed by atoms with Crippen LogP contribution in [0.4, 0.5) is 0 Å². The van der Waals surface area contributed by atoms with Crippen molar-refractivity contribution < 1.29 is 0 Å². The van der Waals surface area contributed by atoms with Crippen LogP contribution in [0.3, 0.4) is 0 Å². The predicted octanol–water partition coefficient (Wildman–Crippen LogP) is 1.29. The van der Waals surface area contributed by atoms with Gasteiger partial charge in [-0.25, -0.2) is 0 Å². The lowest BCUT2D eigenvalue weighted by Crippen LogP contribution is -2.49. The summed E-state index contributed by atoms with van der Waals surface area (Å²) in [6.45, 7) is 5.68. The first kappa shape index (κ1) is 11.1. The molecule has 1 heterocycles. The molecule has 0 spiro atoms. The second-order valence-electron chi connectivity index (χ2n) is 4.31. The van der Waals surface area contributed by atoms with Crippen molar-refractivity contribution in [2.75, 3.05) is 19.6 Å². The number of hydrogen-bond donors (Lipinski definition) is 1. The minimum absolute atomic E-state index is 0.00858. The molecule has 1 aliphatic rings. The Hall–Kier alpha value is -1.37. The molecule has 0 aliphatic carbocycles. The van der Waals surface area contributed by atoms with Crippen molar-refractivity contribution in [2.24, 2.45) is 0 Å². The number of rotatable bonds is 2. The highest BCUT2D eigenvalue weighted by atomic mass is 15.2. The highest BCUT2D eigenvalue weighted by Gasteiger charge is 2.21. The first-order chi connectivity index (χ1) is 7.79. The van der Waals surface area contributed by atoms with Gasteiger partial charge in [0.25, 0.3) is 0 Å². The Bertz CT molecular complexity index is 394. The van der Waals surface area contributed by atoms with Gasteiger partial charge >= 0.3 is 0 Å². The molecular formula is C13H17N3. The van der Waals surface area contributed by atoms with Crippen LogP contribution in [0.25, 0.3) is 0 Å². The number of nitrogens with one attached hydrogen (secondary N) is 1. The molecule has 1 atom stereocenters.